The second-order valence-electron chi connectivity index (χ2n) is 6.28. The fraction of sp³-hybridized carbons (Fsp3) is 0.174. The van der Waals surface area contributed by atoms with E-state index in [0.717, 1.165) is 39.1 Å². The maximum absolute atomic E-state index is 12.6. The van der Waals surface area contributed by atoms with Gasteiger partial charge in [-0.1, -0.05) is 30.3 Å². The first-order valence-corrected chi connectivity index (χ1v) is 9.16. The Bertz CT molecular complexity index is 1050. The molecule has 136 valence electrons. The lowest BCUT2D eigenvalue weighted by molar-refractivity contribution is -0.110. The fourth-order valence-corrected chi connectivity index (χ4v) is 3.42. The van der Waals surface area contributed by atoms with Crippen molar-refractivity contribution in [1.82, 2.24) is 0 Å². The normalized spacial score (nSPS) is 14.3. The molecule has 1 N–H and O–H groups in total. The minimum atomic E-state index is -0.100. The van der Waals surface area contributed by atoms with Crippen molar-refractivity contribution in [3.63, 3.8) is 0 Å². The molecular weight excluding hydrogens is 338 g/mol. The van der Waals surface area contributed by atoms with Gasteiger partial charge in [0, 0.05) is 22.4 Å². The van der Waals surface area contributed by atoms with Crippen LogP contribution in [0.15, 0.2) is 54.6 Å². The minimum Gasteiger partial charge on any atom is -0.494 e. The SMILES string of the molecule is CCOc1ccc2ccc(OCC)c(/C=C3\C(=O)Nc4ccccc43)c2c1. The van der Waals surface area contributed by atoms with Gasteiger partial charge in [-0.15, -0.1) is 0 Å². The van der Waals surface area contributed by atoms with E-state index < -0.39 is 0 Å². The number of hydrogen-bond donors (Lipinski definition) is 1. The van der Waals surface area contributed by atoms with E-state index in [1.54, 1.807) is 0 Å². The molecule has 0 aromatic heterocycles. The Morgan fingerprint density at radius 3 is 2.56 bits per heavy atom. The number of ether oxygens (including phenoxy) is 2. The van der Waals surface area contributed by atoms with Crippen LogP contribution < -0.4 is 14.8 Å². The van der Waals surface area contributed by atoms with E-state index in [1.165, 1.54) is 0 Å². The van der Waals surface area contributed by atoms with Gasteiger partial charge in [-0.05, 0) is 55.0 Å². The number of nitrogens with one attached hydrogen (secondary N) is 1. The first kappa shape index (κ1) is 17.2. The second-order valence-corrected chi connectivity index (χ2v) is 6.28. The third kappa shape index (κ3) is 3.14. The van der Waals surface area contributed by atoms with Crippen LogP contribution in [-0.2, 0) is 4.79 Å². The maximum Gasteiger partial charge on any atom is 0.256 e. The van der Waals surface area contributed by atoms with Gasteiger partial charge in [0.15, 0.2) is 0 Å². The molecule has 0 unspecified atom stereocenters. The standard InChI is InChI=1S/C23H21NO3/c1-3-26-16-11-9-15-10-12-22(27-4-2)19(18(15)13-16)14-20-17-7-5-6-8-21(17)24-23(20)25/h5-14H,3-4H2,1-2H3,(H,24,25)/b20-14-. The highest BCUT2D eigenvalue weighted by molar-refractivity contribution is 6.35. The summed E-state index contributed by atoms with van der Waals surface area (Å²) in [5.41, 5.74) is 3.27. The van der Waals surface area contributed by atoms with Crippen molar-refractivity contribution in [2.24, 2.45) is 0 Å². The monoisotopic (exact) mass is 359 g/mol. The Kier molecular flexibility index (Phi) is 4.55. The van der Waals surface area contributed by atoms with Crippen LogP contribution >= 0.6 is 0 Å². The molecule has 1 heterocycles. The van der Waals surface area contributed by atoms with Crippen LogP contribution in [0.1, 0.15) is 25.0 Å². The summed E-state index contributed by atoms with van der Waals surface area (Å²) in [5.74, 6) is 1.45. The predicted octanol–water partition coefficient (Wildman–Crippen LogP) is 5.13. The molecular formula is C23H21NO3. The molecule has 4 rings (SSSR count). The molecule has 4 nitrogen and oxygen atoms in total. The van der Waals surface area contributed by atoms with E-state index in [9.17, 15) is 4.79 Å². The van der Waals surface area contributed by atoms with Gasteiger partial charge in [0.2, 0.25) is 0 Å². The summed E-state index contributed by atoms with van der Waals surface area (Å²) in [6.07, 6.45) is 1.92. The Balaban J connectivity index is 1.95. The molecule has 1 aliphatic heterocycles. The number of carbonyl (C=O) groups excluding carboxylic acids is 1. The number of para-hydroxylation sites is 1. The number of carbonyl (C=O) groups is 1. The summed E-state index contributed by atoms with van der Waals surface area (Å²) < 4.78 is 11.5. The Morgan fingerprint density at radius 2 is 1.74 bits per heavy atom. The Hall–Kier alpha value is -3.27. The smallest absolute Gasteiger partial charge is 0.256 e. The molecule has 4 heteroatoms. The van der Waals surface area contributed by atoms with E-state index in [1.807, 2.05) is 74.5 Å². The van der Waals surface area contributed by atoms with Crippen molar-refractivity contribution in [2.75, 3.05) is 18.5 Å². The highest BCUT2D eigenvalue weighted by Gasteiger charge is 2.24. The average molecular weight is 359 g/mol. The number of hydrogen-bond acceptors (Lipinski definition) is 3. The van der Waals surface area contributed by atoms with Crippen LogP contribution in [-0.4, -0.2) is 19.1 Å². The number of rotatable bonds is 5. The zero-order valence-electron chi connectivity index (χ0n) is 15.4. The molecule has 3 aromatic rings. The van der Waals surface area contributed by atoms with E-state index in [-0.39, 0.29) is 5.91 Å². The van der Waals surface area contributed by atoms with Gasteiger partial charge in [-0.3, -0.25) is 4.79 Å². The van der Waals surface area contributed by atoms with Crippen LogP contribution in [0, 0.1) is 0 Å². The minimum absolute atomic E-state index is 0.100. The second kappa shape index (κ2) is 7.16. The zero-order valence-corrected chi connectivity index (χ0v) is 15.4. The van der Waals surface area contributed by atoms with Crippen LogP contribution in [0.25, 0.3) is 22.4 Å². The Morgan fingerprint density at radius 1 is 0.963 bits per heavy atom. The van der Waals surface area contributed by atoms with Crippen molar-refractivity contribution in [3.8, 4) is 11.5 Å². The zero-order chi connectivity index (χ0) is 18.8. The summed E-state index contributed by atoms with van der Waals surface area (Å²) in [4.78, 5) is 12.6. The third-order valence-electron chi connectivity index (χ3n) is 4.60. The molecule has 0 saturated heterocycles. The number of anilines is 1. The van der Waals surface area contributed by atoms with Gasteiger partial charge >= 0.3 is 0 Å². The van der Waals surface area contributed by atoms with Gasteiger partial charge in [0.1, 0.15) is 11.5 Å². The molecule has 27 heavy (non-hydrogen) atoms. The van der Waals surface area contributed by atoms with Gasteiger partial charge < -0.3 is 14.8 Å². The number of benzene rings is 3. The molecule has 3 aromatic carbocycles. The number of fused-ring (bicyclic) bond motifs is 2. The van der Waals surface area contributed by atoms with Crippen molar-refractivity contribution in [2.45, 2.75) is 13.8 Å². The average Bonchev–Trinajstić information content (AvgIpc) is 2.99. The van der Waals surface area contributed by atoms with Crippen LogP contribution in [0.2, 0.25) is 0 Å². The topological polar surface area (TPSA) is 47.6 Å². The highest BCUT2D eigenvalue weighted by atomic mass is 16.5. The summed E-state index contributed by atoms with van der Waals surface area (Å²) >= 11 is 0. The highest BCUT2D eigenvalue weighted by Crippen LogP contribution is 2.37. The molecule has 0 fully saturated rings. The van der Waals surface area contributed by atoms with Crippen LogP contribution in [0.4, 0.5) is 5.69 Å². The fourth-order valence-electron chi connectivity index (χ4n) is 3.42. The van der Waals surface area contributed by atoms with Crippen molar-refractivity contribution in [1.29, 1.82) is 0 Å². The largest absolute Gasteiger partial charge is 0.494 e. The van der Waals surface area contributed by atoms with E-state index in [2.05, 4.69) is 5.32 Å². The summed E-state index contributed by atoms with van der Waals surface area (Å²) in [6, 6.07) is 17.7. The van der Waals surface area contributed by atoms with Gasteiger partial charge in [-0.25, -0.2) is 0 Å². The van der Waals surface area contributed by atoms with E-state index in [0.29, 0.717) is 18.8 Å². The van der Waals surface area contributed by atoms with Crippen LogP contribution in [0.5, 0.6) is 11.5 Å². The van der Waals surface area contributed by atoms with Gasteiger partial charge in [0.05, 0.1) is 13.2 Å². The molecule has 0 saturated carbocycles. The first-order chi connectivity index (χ1) is 13.2. The summed E-state index contributed by atoms with van der Waals surface area (Å²) in [7, 11) is 0. The van der Waals surface area contributed by atoms with Crippen molar-refractivity contribution >= 4 is 34.0 Å². The molecule has 0 aliphatic carbocycles. The molecule has 0 bridgehead atoms. The first-order valence-electron chi connectivity index (χ1n) is 9.16. The lowest BCUT2D eigenvalue weighted by atomic mass is 9.98. The van der Waals surface area contributed by atoms with Gasteiger partial charge in [-0.2, -0.15) is 0 Å². The van der Waals surface area contributed by atoms with E-state index in [4.69, 9.17) is 9.47 Å². The quantitative estimate of drug-likeness (QED) is 0.643. The lowest BCUT2D eigenvalue weighted by Gasteiger charge is -2.13. The maximum atomic E-state index is 12.6. The van der Waals surface area contributed by atoms with E-state index >= 15 is 0 Å². The molecule has 0 atom stereocenters. The summed E-state index contributed by atoms with van der Waals surface area (Å²) in [5, 5.41) is 4.99. The summed E-state index contributed by atoms with van der Waals surface area (Å²) in [6.45, 7) is 5.07. The number of amides is 1. The Labute approximate surface area is 158 Å². The molecule has 1 amide bonds. The molecule has 1 aliphatic rings. The lowest BCUT2D eigenvalue weighted by Crippen LogP contribution is -2.04. The third-order valence-corrected chi connectivity index (χ3v) is 4.60. The van der Waals surface area contributed by atoms with Gasteiger partial charge in [0.25, 0.3) is 5.91 Å². The van der Waals surface area contributed by atoms with Crippen molar-refractivity contribution < 1.29 is 14.3 Å². The predicted molar refractivity (Wildman–Crippen MR) is 109 cm³/mol. The van der Waals surface area contributed by atoms with Crippen molar-refractivity contribution in [3.05, 3.63) is 65.7 Å². The molecule has 0 radical (unpaired) electrons. The van der Waals surface area contributed by atoms with Crippen LogP contribution in [0.3, 0.4) is 0 Å². The molecule has 0 spiro atoms.